The van der Waals surface area contributed by atoms with Crippen molar-refractivity contribution in [1.29, 1.82) is 0 Å². The SMILES string of the molecule is CCCCOCC1(COCCCC)Cc2c(c(-c3ccc(-c4ccc(-c5c6c(c(-c7ccc(-c8ccc(-c9c%10c(c(-c%11ccc(-c%12cccs%12)s%11)c(C(=O)OC)c9C(=O)OC)CC(COCCCC)(COCCCC)C%10)s8)s7)c(C(=O)OC)c5C(=O)OC)CC(COCCCC)(COCCCC)C6)s4)s3)c(C(=O)OC)c(C(=O)OC)c2-c2ccc(-c3cccs3)s2)C1. The summed E-state index contributed by atoms with van der Waals surface area (Å²) in [5.74, 6) is -4.18. The van der Waals surface area contributed by atoms with Gasteiger partial charge in [0.05, 0.1) is 116 Å². The van der Waals surface area contributed by atoms with Gasteiger partial charge in [-0.05, 0) is 206 Å². The molecule has 3 aliphatic carbocycles. The first-order valence-electron chi connectivity index (χ1n) is 44.2. The van der Waals surface area contributed by atoms with Gasteiger partial charge in [0.1, 0.15) is 0 Å². The molecular weight excluding hydrogens is 1760 g/mol. The minimum absolute atomic E-state index is 0.0519. The van der Waals surface area contributed by atoms with Crippen LogP contribution >= 0.6 is 90.7 Å². The quantitative estimate of drug-likeness (QED) is 0.0197. The first kappa shape index (κ1) is 94.9. The Bertz CT molecular complexity index is 5320. The molecule has 0 atom stereocenters. The van der Waals surface area contributed by atoms with E-state index in [0.717, 1.165) is 169 Å². The van der Waals surface area contributed by atoms with E-state index < -0.39 is 52.1 Å². The van der Waals surface area contributed by atoms with Gasteiger partial charge in [-0.3, -0.25) is 0 Å². The van der Waals surface area contributed by atoms with Crippen LogP contribution in [0.15, 0.2) is 108 Å². The third-order valence-electron chi connectivity index (χ3n) is 24.2. The Morgan fingerprint density at radius 3 is 0.559 bits per heavy atom. The summed E-state index contributed by atoms with van der Waals surface area (Å²) >= 11 is 12.3. The smallest absolute Gasteiger partial charge is 0.339 e. The van der Waals surface area contributed by atoms with E-state index in [0.29, 0.717) is 161 Å². The van der Waals surface area contributed by atoms with Crippen molar-refractivity contribution in [3.63, 3.8) is 0 Å². The summed E-state index contributed by atoms with van der Waals surface area (Å²) in [5.41, 5.74) is 7.60. The molecule has 0 N–H and O–H groups in total. The third-order valence-corrected chi connectivity index (χ3v) is 33.4. The van der Waals surface area contributed by atoms with Crippen LogP contribution in [0.2, 0.25) is 0 Å². The second-order valence-corrected chi connectivity index (χ2v) is 41.7. The largest absolute Gasteiger partial charge is 0.465 e. The van der Waals surface area contributed by atoms with Gasteiger partial charge in [-0.25, -0.2) is 28.8 Å². The zero-order valence-electron chi connectivity index (χ0n) is 74.7. The van der Waals surface area contributed by atoms with E-state index in [9.17, 15) is 0 Å². The lowest BCUT2D eigenvalue weighted by Crippen LogP contribution is -2.34. The lowest BCUT2D eigenvalue weighted by atomic mass is 9.86. The number of hydrogen-bond acceptors (Lipinski definition) is 26. The van der Waals surface area contributed by atoms with Crippen molar-refractivity contribution in [2.24, 2.45) is 16.2 Å². The average molecular weight is 1870 g/mol. The van der Waals surface area contributed by atoms with Crippen molar-refractivity contribution in [2.75, 3.05) is 122 Å². The predicted octanol–water partition coefficient (Wildman–Crippen LogP) is 25.7. The Labute approximate surface area is 777 Å². The van der Waals surface area contributed by atoms with Crippen molar-refractivity contribution < 1.29 is 85.6 Å². The first-order chi connectivity index (χ1) is 61.9. The van der Waals surface area contributed by atoms with E-state index >= 15 is 28.8 Å². The zero-order chi connectivity index (χ0) is 89.5. The van der Waals surface area contributed by atoms with Crippen LogP contribution < -0.4 is 0 Å². The van der Waals surface area contributed by atoms with Gasteiger partial charge in [0.25, 0.3) is 0 Å². The topological polar surface area (TPSA) is 213 Å². The molecule has 0 fully saturated rings. The lowest BCUT2D eigenvalue weighted by molar-refractivity contribution is -0.0187. The number of esters is 6. The van der Waals surface area contributed by atoms with Gasteiger partial charge in [-0.1, -0.05) is 92.2 Å². The summed E-state index contributed by atoms with van der Waals surface area (Å²) < 4.78 is 74.9. The number of methoxy groups -OCH3 is 6. The highest BCUT2D eigenvalue weighted by Crippen LogP contribution is 2.59. The number of ether oxygens (including phenoxy) is 12. The summed E-state index contributed by atoms with van der Waals surface area (Å²) in [6.45, 7) is 18.3. The molecule has 0 unspecified atom stereocenters. The Kier molecular flexibility index (Phi) is 32.7. The summed E-state index contributed by atoms with van der Waals surface area (Å²) in [5, 5.41) is 4.09. The van der Waals surface area contributed by atoms with E-state index in [1.807, 2.05) is 83.6 Å². The number of rotatable bonds is 46. The average Bonchev–Trinajstić information content (AvgIpc) is 1.58. The number of fused-ring (bicyclic) bond motifs is 3. The molecule has 0 amide bonds. The van der Waals surface area contributed by atoms with Gasteiger partial charge >= 0.3 is 35.8 Å². The van der Waals surface area contributed by atoms with Crippen molar-refractivity contribution in [2.45, 2.75) is 157 Å². The maximum Gasteiger partial charge on any atom is 0.339 e. The van der Waals surface area contributed by atoms with Crippen LogP contribution in [-0.4, -0.2) is 158 Å². The molecule has 0 bridgehead atoms. The summed E-state index contributed by atoms with van der Waals surface area (Å²) in [6.07, 6.45) is 13.7. The fraction of sp³-hybridized carbons (Fsp3) is 0.446. The number of benzene rings is 3. The Morgan fingerprint density at radius 2 is 0.409 bits per heavy atom. The highest BCUT2D eigenvalue weighted by atomic mass is 32.1. The van der Waals surface area contributed by atoms with E-state index in [1.54, 1.807) is 45.3 Å². The second-order valence-electron chi connectivity index (χ2n) is 33.3. The highest BCUT2D eigenvalue weighted by Gasteiger charge is 2.50. The molecule has 0 radical (unpaired) electrons. The molecule has 18 nitrogen and oxygen atoms in total. The van der Waals surface area contributed by atoms with Crippen molar-refractivity contribution in [3.05, 3.63) is 175 Å². The first-order valence-corrected chi connectivity index (χ1v) is 50.8. The van der Waals surface area contributed by atoms with E-state index in [2.05, 4.69) is 65.8 Å². The van der Waals surface area contributed by atoms with Crippen molar-refractivity contribution in [1.82, 2.24) is 0 Å². The maximum absolute atomic E-state index is 15.6. The van der Waals surface area contributed by atoms with E-state index in [1.165, 1.54) is 88.0 Å². The van der Waals surface area contributed by atoms with Crippen LogP contribution in [0, 0.1) is 16.2 Å². The molecule has 14 rings (SSSR count). The minimum Gasteiger partial charge on any atom is -0.465 e. The zero-order valence-corrected chi connectivity index (χ0v) is 81.3. The molecule has 127 heavy (non-hydrogen) atoms. The standard InChI is InChI=1S/C101H114O18S8/c1-13-19-41-114-55-99(56-115-42-20-14-2)49-61-63(51-99)83(89(95(104)110-9)87(93(102)108-7)81(61)75-35-29-69(122-75)67-27-25-47-120-67)77-37-31-71(124-77)73-33-39-79(126-73)85-65-53-101(59-118-45-23-17-5,60-119-46-24-18-6)54-66(65)86(92(98(107)113-12)91(85)97(106)112-11)80-40-34-74(127-80)72-32-38-78(125-72)84-64-52-100(57-116-43-21-15-3,58-117-44-22-16-4)50-62(64)82(88(94(103)109-8)90(84)96(105)111-10)76-36-30-70(123-76)68-28-26-48-121-68/h25-40,47-48H,13-24,41-46,49-60H2,1-12H3. The van der Waals surface area contributed by atoms with Crippen LogP contribution in [0.1, 0.15) is 214 Å². The number of thiophene rings is 8. The highest BCUT2D eigenvalue weighted by molar-refractivity contribution is 7.26. The number of unbranched alkanes of at least 4 members (excludes halogenated alkanes) is 6. The summed E-state index contributed by atoms with van der Waals surface area (Å²) in [4.78, 5) is 103. The van der Waals surface area contributed by atoms with E-state index in [4.69, 9.17) is 56.8 Å². The fourth-order valence-electron chi connectivity index (χ4n) is 18.1. The molecule has 674 valence electrons. The number of carbonyl (C=O) groups excluding carboxylic acids is 6. The minimum atomic E-state index is -0.734. The molecule has 3 aromatic carbocycles. The van der Waals surface area contributed by atoms with Gasteiger partial charge in [-0.2, -0.15) is 0 Å². The van der Waals surface area contributed by atoms with Crippen LogP contribution in [0.25, 0.3) is 102 Å². The molecular formula is C101H114O18S8. The second kappa shape index (κ2) is 43.7. The summed E-state index contributed by atoms with van der Waals surface area (Å²) in [7, 11) is 8.04. The fourth-order valence-corrected chi connectivity index (χ4v) is 26.4. The molecule has 11 aromatic rings. The van der Waals surface area contributed by atoms with Crippen LogP contribution in [0.3, 0.4) is 0 Å². The van der Waals surface area contributed by atoms with Crippen LogP contribution in [0.5, 0.6) is 0 Å². The summed E-state index contributed by atoms with van der Waals surface area (Å²) in [6, 6.07) is 32.6. The number of hydrogen-bond donors (Lipinski definition) is 0. The molecule has 0 saturated heterocycles. The van der Waals surface area contributed by atoms with Gasteiger partial charge in [0.2, 0.25) is 0 Å². The Morgan fingerprint density at radius 1 is 0.244 bits per heavy atom. The molecule has 3 aliphatic rings. The Hall–Kier alpha value is -8.16. The molecule has 8 heterocycles. The van der Waals surface area contributed by atoms with Gasteiger partial charge in [0.15, 0.2) is 0 Å². The molecule has 0 spiro atoms. The maximum atomic E-state index is 15.6. The Balaban J connectivity index is 0.931. The van der Waals surface area contributed by atoms with Crippen molar-refractivity contribution >= 4 is 127 Å². The van der Waals surface area contributed by atoms with E-state index in [-0.39, 0.29) is 33.4 Å². The lowest BCUT2D eigenvalue weighted by Gasteiger charge is -2.29. The molecule has 0 aliphatic heterocycles. The van der Waals surface area contributed by atoms with Crippen molar-refractivity contribution in [3.8, 4) is 102 Å². The normalized spacial score (nSPS) is 14.0. The van der Waals surface area contributed by atoms with Gasteiger partial charge in [-0.15, -0.1) is 90.7 Å². The van der Waals surface area contributed by atoms with Crippen LogP contribution in [0.4, 0.5) is 0 Å². The number of carbonyl (C=O) groups is 6. The van der Waals surface area contributed by atoms with Gasteiger partial charge in [0, 0.05) is 158 Å². The molecule has 26 heteroatoms. The predicted molar refractivity (Wildman–Crippen MR) is 516 cm³/mol. The van der Waals surface area contributed by atoms with Gasteiger partial charge < -0.3 is 56.8 Å². The monoisotopic (exact) mass is 1870 g/mol. The third kappa shape index (κ3) is 20.2. The van der Waals surface area contributed by atoms with Crippen LogP contribution in [-0.2, 0) is 95.4 Å². The molecule has 8 aromatic heterocycles. The molecule has 0 saturated carbocycles.